The Labute approximate surface area is 100 Å². The summed E-state index contributed by atoms with van der Waals surface area (Å²) < 4.78 is 29.6. The minimum atomic E-state index is -0.236. The molecule has 3 nitrogen and oxygen atoms in total. The number of ether oxygens (including phenoxy) is 3. The summed E-state index contributed by atoms with van der Waals surface area (Å²) in [5.41, 5.74) is 0.549. The van der Waals surface area contributed by atoms with Crippen molar-refractivity contribution >= 4 is 0 Å². The van der Waals surface area contributed by atoms with Gasteiger partial charge in [-0.05, 0) is 19.1 Å². The molecule has 0 saturated carbocycles. The first kappa shape index (κ1) is 12.3. The second-order valence-corrected chi connectivity index (χ2v) is 4.07. The molecule has 1 aliphatic heterocycles. The Kier molecular flexibility index (Phi) is 4.34. The van der Waals surface area contributed by atoms with Gasteiger partial charge in [0.05, 0.1) is 32.5 Å². The van der Waals surface area contributed by atoms with Crippen LogP contribution in [0.15, 0.2) is 18.2 Å². The predicted octanol–water partition coefficient (Wildman–Crippen LogP) is 2.32. The van der Waals surface area contributed by atoms with E-state index in [0.717, 1.165) is 6.42 Å². The number of rotatable bonds is 4. The number of hydrogen-bond acceptors (Lipinski definition) is 3. The van der Waals surface area contributed by atoms with Gasteiger partial charge in [-0.2, -0.15) is 0 Å². The van der Waals surface area contributed by atoms with E-state index in [2.05, 4.69) is 0 Å². The van der Waals surface area contributed by atoms with Crippen molar-refractivity contribution < 1.29 is 18.6 Å². The molecule has 0 bridgehead atoms. The summed E-state index contributed by atoms with van der Waals surface area (Å²) >= 11 is 0. The van der Waals surface area contributed by atoms with E-state index in [0.29, 0.717) is 37.7 Å². The van der Waals surface area contributed by atoms with Crippen molar-refractivity contribution in [3.63, 3.8) is 0 Å². The maximum Gasteiger partial charge on any atom is 0.129 e. The highest BCUT2D eigenvalue weighted by Crippen LogP contribution is 2.20. The van der Waals surface area contributed by atoms with Crippen LogP contribution in [0.4, 0.5) is 4.39 Å². The Hall–Kier alpha value is -1.13. The molecule has 1 unspecified atom stereocenters. The second kappa shape index (κ2) is 5.98. The van der Waals surface area contributed by atoms with Gasteiger partial charge in [-0.15, -0.1) is 0 Å². The van der Waals surface area contributed by atoms with Crippen LogP contribution in [0.2, 0.25) is 0 Å². The van der Waals surface area contributed by atoms with Gasteiger partial charge in [0.25, 0.3) is 0 Å². The van der Waals surface area contributed by atoms with E-state index in [1.807, 2.05) is 0 Å². The maximum absolute atomic E-state index is 13.2. The highest BCUT2D eigenvalue weighted by Gasteiger charge is 2.14. The van der Waals surface area contributed by atoms with Crippen LogP contribution in [0.25, 0.3) is 0 Å². The lowest BCUT2D eigenvalue weighted by Crippen LogP contribution is -2.29. The van der Waals surface area contributed by atoms with Crippen LogP contribution < -0.4 is 4.74 Å². The Morgan fingerprint density at radius 1 is 1.41 bits per heavy atom. The zero-order valence-corrected chi connectivity index (χ0v) is 9.95. The average Bonchev–Trinajstić information content (AvgIpc) is 2.36. The minimum Gasteiger partial charge on any atom is -0.493 e. The van der Waals surface area contributed by atoms with Gasteiger partial charge in [-0.3, -0.25) is 0 Å². The Balaban J connectivity index is 1.79. The molecule has 1 aromatic carbocycles. The van der Waals surface area contributed by atoms with Crippen molar-refractivity contribution in [2.45, 2.75) is 19.4 Å². The molecule has 17 heavy (non-hydrogen) atoms. The van der Waals surface area contributed by atoms with Gasteiger partial charge in [0.15, 0.2) is 0 Å². The van der Waals surface area contributed by atoms with E-state index in [9.17, 15) is 4.39 Å². The summed E-state index contributed by atoms with van der Waals surface area (Å²) in [6, 6.07) is 4.86. The summed E-state index contributed by atoms with van der Waals surface area (Å²) in [7, 11) is 0. The first-order chi connectivity index (χ1) is 8.27. The second-order valence-electron chi connectivity index (χ2n) is 4.07. The normalized spacial score (nSPS) is 20.2. The maximum atomic E-state index is 13.2. The van der Waals surface area contributed by atoms with Crippen LogP contribution in [-0.2, 0) is 9.47 Å². The summed E-state index contributed by atoms with van der Waals surface area (Å²) in [6.45, 7) is 4.15. The van der Waals surface area contributed by atoms with Gasteiger partial charge in [-0.25, -0.2) is 4.39 Å². The summed E-state index contributed by atoms with van der Waals surface area (Å²) in [4.78, 5) is 0. The molecular formula is C13H17FO3. The Morgan fingerprint density at radius 2 is 2.29 bits per heavy atom. The summed E-state index contributed by atoms with van der Waals surface area (Å²) in [6.07, 6.45) is 0.855. The number of hydrogen-bond donors (Lipinski definition) is 0. The Bertz CT molecular complexity index is 362. The molecule has 94 valence electrons. The lowest BCUT2D eigenvalue weighted by Gasteiger charge is -2.22. The van der Waals surface area contributed by atoms with Gasteiger partial charge in [0.2, 0.25) is 0 Å². The fourth-order valence-corrected chi connectivity index (χ4v) is 1.75. The third kappa shape index (κ3) is 3.41. The zero-order valence-electron chi connectivity index (χ0n) is 9.95. The molecule has 1 atom stereocenters. The molecule has 0 radical (unpaired) electrons. The number of halogens is 1. The van der Waals surface area contributed by atoms with Gasteiger partial charge < -0.3 is 14.2 Å². The molecule has 0 spiro atoms. The van der Waals surface area contributed by atoms with Crippen molar-refractivity contribution in [3.05, 3.63) is 29.6 Å². The van der Waals surface area contributed by atoms with Crippen molar-refractivity contribution in [1.82, 2.24) is 0 Å². The standard InChI is InChI=1S/C13H17FO3/c1-10-12(14)3-2-4-13(10)17-6-5-11-9-15-7-8-16-11/h2-4,11H,5-9H2,1H3. The van der Waals surface area contributed by atoms with E-state index < -0.39 is 0 Å². The SMILES string of the molecule is Cc1c(F)cccc1OCCC1COCCO1. The molecule has 0 aromatic heterocycles. The van der Waals surface area contributed by atoms with Gasteiger partial charge in [-0.1, -0.05) is 6.07 Å². The van der Waals surface area contributed by atoms with Crippen LogP contribution >= 0.6 is 0 Å². The third-order valence-corrected chi connectivity index (χ3v) is 2.80. The van der Waals surface area contributed by atoms with Crippen LogP contribution in [0, 0.1) is 12.7 Å². The first-order valence-electron chi connectivity index (χ1n) is 5.84. The molecule has 0 aliphatic carbocycles. The summed E-state index contributed by atoms with van der Waals surface area (Å²) in [5, 5.41) is 0. The largest absolute Gasteiger partial charge is 0.493 e. The van der Waals surface area contributed by atoms with E-state index in [-0.39, 0.29) is 11.9 Å². The quantitative estimate of drug-likeness (QED) is 0.808. The fraction of sp³-hybridized carbons (Fsp3) is 0.538. The fourth-order valence-electron chi connectivity index (χ4n) is 1.75. The van der Waals surface area contributed by atoms with Crippen LogP contribution in [0.1, 0.15) is 12.0 Å². The molecule has 4 heteroatoms. The lowest BCUT2D eigenvalue weighted by atomic mass is 10.2. The monoisotopic (exact) mass is 240 g/mol. The Morgan fingerprint density at radius 3 is 3.06 bits per heavy atom. The van der Waals surface area contributed by atoms with Crippen LogP contribution in [0.5, 0.6) is 5.75 Å². The van der Waals surface area contributed by atoms with Crippen LogP contribution in [0.3, 0.4) is 0 Å². The van der Waals surface area contributed by atoms with Crippen molar-refractivity contribution in [2.75, 3.05) is 26.4 Å². The van der Waals surface area contributed by atoms with Crippen molar-refractivity contribution in [2.24, 2.45) is 0 Å². The smallest absolute Gasteiger partial charge is 0.129 e. The van der Waals surface area contributed by atoms with Gasteiger partial charge >= 0.3 is 0 Å². The predicted molar refractivity (Wildman–Crippen MR) is 61.8 cm³/mol. The summed E-state index contributed by atoms with van der Waals surface area (Å²) in [5.74, 6) is 0.362. The third-order valence-electron chi connectivity index (χ3n) is 2.80. The molecule has 2 rings (SSSR count). The topological polar surface area (TPSA) is 27.7 Å². The molecule has 1 fully saturated rings. The molecule has 0 amide bonds. The average molecular weight is 240 g/mol. The molecular weight excluding hydrogens is 223 g/mol. The van der Waals surface area contributed by atoms with E-state index in [1.54, 1.807) is 19.1 Å². The van der Waals surface area contributed by atoms with Gasteiger partial charge in [0, 0.05) is 12.0 Å². The number of benzene rings is 1. The van der Waals surface area contributed by atoms with Crippen molar-refractivity contribution in [1.29, 1.82) is 0 Å². The highest BCUT2D eigenvalue weighted by molar-refractivity contribution is 5.33. The molecule has 1 aliphatic rings. The minimum absolute atomic E-state index is 0.0950. The first-order valence-corrected chi connectivity index (χ1v) is 5.84. The molecule has 0 N–H and O–H groups in total. The lowest BCUT2D eigenvalue weighted by molar-refractivity contribution is -0.0935. The molecule has 1 aromatic rings. The van der Waals surface area contributed by atoms with E-state index >= 15 is 0 Å². The molecule has 1 heterocycles. The highest BCUT2D eigenvalue weighted by atomic mass is 19.1. The van der Waals surface area contributed by atoms with Gasteiger partial charge in [0.1, 0.15) is 11.6 Å². The molecule has 1 saturated heterocycles. The zero-order chi connectivity index (χ0) is 12.1. The van der Waals surface area contributed by atoms with Crippen molar-refractivity contribution in [3.8, 4) is 5.75 Å². The van der Waals surface area contributed by atoms with E-state index in [1.165, 1.54) is 6.07 Å². The van der Waals surface area contributed by atoms with Crippen LogP contribution in [-0.4, -0.2) is 32.5 Å². The van der Waals surface area contributed by atoms with E-state index in [4.69, 9.17) is 14.2 Å².